The molecule has 4 rings (SSSR count). The average Bonchev–Trinajstić information content (AvgIpc) is 3.11. The van der Waals surface area contributed by atoms with Crippen molar-refractivity contribution in [3.8, 4) is 17.0 Å². The molecule has 5 heteroatoms. The van der Waals surface area contributed by atoms with E-state index in [1.807, 2.05) is 18.2 Å². The van der Waals surface area contributed by atoms with E-state index in [1.165, 1.54) is 10.5 Å². The van der Waals surface area contributed by atoms with Gasteiger partial charge in [0, 0.05) is 35.5 Å². The number of hydrogen-bond acceptors (Lipinski definition) is 5. The van der Waals surface area contributed by atoms with E-state index in [2.05, 4.69) is 41.5 Å². The molecular formula is C22H24N2O2S. The fourth-order valence-electron chi connectivity index (χ4n) is 3.66. The summed E-state index contributed by atoms with van der Waals surface area (Å²) in [5.74, 6) is 0.829. The molecule has 27 heavy (non-hydrogen) atoms. The number of methoxy groups -OCH3 is 1. The Kier molecular flexibility index (Phi) is 5.34. The van der Waals surface area contributed by atoms with Crippen molar-refractivity contribution in [2.24, 2.45) is 0 Å². The fraction of sp³-hybridized carbons (Fsp3) is 0.318. The summed E-state index contributed by atoms with van der Waals surface area (Å²) in [6.45, 7) is 2.43. The van der Waals surface area contributed by atoms with Gasteiger partial charge >= 0.3 is 0 Å². The first kappa shape index (κ1) is 18.3. The molecule has 2 aromatic carbocycles. The third-order valence-electron chi connectivity index (χ3n) is 5.09. The Morgan fingerprint density at radius 2 is 2.11 bits per heavy atom. The second-order valence-corrected chi connectivity index (χ2v) is 7.84. The minimum absolute atomic E-state index is 0.220. The van der Waals surface area contributed by atoms with E-state index in [0.29, 0.717) is 0 Å². The summed E-state index contributed by atoms with van der Waals surface area (Å²) in [6.07, 6.45) is 2.70. The molecule has 1 aliphatic rings. The van der Waals surface area contributed by atoms with Gasteiger partial charge in [0.25, 0.3) is 0 Å². The number of thioether (sulfide) groups is 1. The third-order valence-corrected chi connectivity index (χ3v) is 5.81. The zero-order chi connectivity index (χ0) is 18.8. The maximum Gasteiger partial charge on any atom is 0.119 e. The lowest BCUT2D eigenvalue weighted by molar-refractivity contribution is 0.175. The molecule has 0 spiro atoms. The van der Waals surface area contributed by atoms with Crippen LogP contribution in [0, 0.1) is 0 Å². The van der Waals surface area contributed by atoms with Crippen LogP contribution in [-0.2, 0) is 6.54 Å². The van der Waals surface area contributed by atoms with Crippen molar-refractivity contribution in [2.45, 2.75) is 24.0 Å². The minimum atomic E-state index is -0.220. The largest absolute Gasteiger partial charge is 0.497 e. The molecule has 3 aromatic rings. The second-order valence-electron chi connectivity index (χ2n) is 6.96. The minimum Gasteiger partial charge on any atom is -0.497 e. The molecule has 140 valence electrons. The highest BCUT2D eigenvalue weighted by Gasteiger charge is 2.22. The highest BCUT2D eigenvalue weighted by atomic mass is 32.2. The van der Waals surface area contributed by atoms with Crippen LogP contribution in [0.3, 0.4) is 0 Å². The Morgan fingerprint density at radius 1 is 1.22 bits per heavy atom. The van der Waals surface area contributed by atoms with Gasteiger partial charge < -0.3 is 9.84 Å². The van der Waals surface area contributed by atoms with Gasteiger partial charge in [-0.3, -0.25) is 4.90 Å². The number of likely N-dealkylation sites (tertiary alicyclic amines) is 1. The molecule has 1 atom stereocenters. The van der Waals surface area contributed by atoms with Crippen LogP contribution in [-0.4, -0.2) is 47.5 Å². The molecule has 1 saturated heterocycles. The molecule has 1 N–H and O–H groups in total. The van der Waals surface area contributed by atoms with E-state index in [9.17, 15) is 5.11 Å². The van der Waals surface area contributed by atoms with Crippen molar-refractivity contribution in [3.05, 3.63) is 54.1 Å². The van der Waals surface area contributed by atoms with Gasteiger partial charge in [-0.2, -0.15) is 0 Å². The lowest BCUT2D eigenvalue weighted by Crippen LogP contribution is -2.22. The zero-order valence-corrected chi connectivity index (χ0v) is 16.5. The van der Waals surface area contributed by atoms with E-state index in [-0.39, 0.29) is 6.10 Å². The molecule has 4 nitrogen and oxygen atoms in total. The van der Waals surface area contributed by atoms with Crippen LogP contribution in [0.4, 0.5) is 0 Å². The van der Waals surface area contributed by atoms with E-state index >= 15 is 0 Å². The molecule has 0 saturated carbocycles. The van der Waals surface area contributed by atoms with Gasteiger partial charge in [-0.15, -0.1) is 11.8 Å². The fourth-order valence-corrected chi connectivity index (χ4v) is 4.09. The SMILES string of the molecule is COc1cccc(-c2nc3cc(SC)ccc3cc2CN2CC[C@@H](O)C2)c1. The highest BCUT2D eigenvalue weighted by Crippen LogP contribution is 2.31. The summed E-state index contributed by atoms with van der Waals surface area (Å²) in [5.41, 5.74) is 4.23. The van der Waals surface area contributed by atoms with Crippen LogP contribution >= 0.6 is 11.8 Å². The molecule has 1 fully saturated rings. The highest BCUT2D eigenvalue weighted by molar-refractivity contribution is 7.98. The number of rotatable bonds is 5. The van der Waals surface area contributed by atoms with Crippen molar-refractivity contribution in [2.75, 3.05) is 26.5 Å². The van der Waals surface area contributed by atoms with Gasteiger partial charge in [0.1, 0.15) is 5.75 Å². The Hall–Kier alpha value is -2.08. The first-order valence-corrected chi connectivity index (χ1v) is 10.4. The third kappa shape index (κ3) is 3.95. The van der Waals surface area contributed by atoms with Crippen LogP contribution in [0.5, 0.6) is 5.75 Å². The normalized spacial score (nSPS) is 17.5. The van der Waals surface area contributed by atoms with Crippen molar-refractivity contribution in [1.82, 2.24) is 9.88 Å². The molecule has 0 amide bonds. The van der Waals surface area contributed by atoms with E-state index in [0.717, 1.165) is 54.0 Å². The van der Waals surface area contributed by atoms with Gasteiger partial charge in [-0.05, 0) is 48.6 Å². The van der Waals surface area contributed by atoms with E-state index < -0.39 is 0 Å². The van der Waals surface area contributed by atoms with Crippen molar-refractivity contribution in [3.63, 3.8) is 0 Å². The Balaban J connectivity index is 1.82. The maximum absolute atomic E-state index is 9.89. The van der Waals surface area contributed by atoms with Crippen molar-refractivity contribution < 1.29 is 9.84 Å². The van der Waals surface area contributed by atoms with Crippen LogP contribution in [0.15, 0.2) is 53.4 Å². The van der Waals surface area contributed by atoms with Crippen LogP contribution in [0.2, 0.25) is 0 Å². The lowest BCUT2D eigenvalue weighted by atomic mass is 10.0. The molecule has 1 aromatic heterocycles. The number of β-amino-alcohol motifs (C(OH)–C–C–N with tert-alkyl or cyclic N) is 1. The topological polar surface area (TPSA) is 45.6 Å². The first-order valence-electron chi connectivity index (χ1n) is 9.19. The standard InChI is InChI=1S/C22H24N2O2S/c1-26-19-5-3-4-16(11-19)22-17(13-24-9-8-18(25)14-24)10-15-6-7-20(27-2)12-21(15)23-22/h3-7,10-12,18,25H,8-9,13-14H2,1-2H3/t18-/m1/s1. The number of aromatic nitrogens is 1. The quantitative estimate of drug-likeness (QED) is 0.672. The van der Waals surface area contributed by atoms with Gasteiger partial charge in [0.05, 0.1) is 24.4 Å². The molecule has 1 aliphatic heterocycles. The monoisotopic (exact) mass is 380 g/mol. The summed E-state index contributed by atoms with van der Waals surface area (Å²) >= 11 is 1.73. The molecule has 2 heterocycles. The smallest absolute Gasteiger partial charge is 0.119 e. The number of benzene rings is 2. The number of nitrogens with zero attached hydrogens (tertiary/aromatic N) is 2. The summed E-state index contributed by atoms with van der Waals surface area (Å²) in [7, 11) is 1.68. The molecule has 0 bridgehead atoms. The van der Waals surface area contributed by atoms with E-state index in [4.69, 9.17) is 9.72 Å². The summed E-state index contributed by atoms with van der Waals surface area (Å²) in [5, 5.41) is 11.0. The Labute approximate surface area is 164 Å². The van der Waals surface area contributed by atoms with Crippen molar-refractivity contribution >= 4 is 22.7 Å². The molecule has 0 aliphatic carbocycles. The first-order chi connectivity index (χ1) is 13.2. The summed E-state index contributed by atoms with van der Waals surface area (Å²) in [6, 6.07) is 16.7. The van der Waals surface area contributed by atoms with Crippen LogP contribution in [0.1, 0.15) is 12.0 Å². The van der Waals surface area contributed by atoms with Crippen LogP contribution in [0.25, 0.3) is 22.2 Å². The lowest BCUT2D eigenvalue weighted by Gasteiger charge is -2.18. The van der Waals surface area contributed by atoms with Gasteiger partial charge in [-0.25, -0.2) is 4.98 Å². The summed E-state index contributed by atoms with van der Waals surface area (Å²) < 4.78 is 5.41. The number of pyridine rings is 1. The number of aliphatic hydroxyl groups excluding tert-OH is 1. The Bertz CT molecular complexity index is 960. The molecule has 0 unspecified atom stereocenters. The maximum atomic E-state index is 9.89. The number of fused-ring (bicyclic) bond motifs is 1. The van der Waals surface area contributed by atoms with Crippen molar-refractivity contribution in [1.29, 1.82) is 0 Å². The van der Waals surface area contributed by atoms with Gasteiger partial charge in [-0.1, -0.05) is 18.2 Å². The number of ether oxygens (including phenoxy) is 1. The van der Waals surface area contributed by atoms with Gasteiger partial charge in [0.2, 0.25) is 0 Å². The number of aliphatic hydroxyl groups is 1. The Morgan fingerprint density at radius 3 is 2.85 bits per heavy atom. The molecule has 0 radical (unpaired) electrons. The molecular weight excluding hydrogens is 356 g/mol. The average molecular weight is 381 g/mol. The zero-order valence-electron chi connectivity index (χ0n) is 15.7. The predicted molar refractivity (Wildman–Crippen MR) is 111 cm³/mol. The van der Waals surface area contributed by atoms with Crippen LogP contribution < -0.4 is 4.74 Å². The summed E-state index contributed by atoms with van der Waals surface area (Å²) in [4.78, 5) is 8.54. The predicted octanol–water partition coefficient (Wildman–Crippen LogP) is 4.20. The second kappa shape index (κ2) is 7.89. The van der Waals surface area contributed by atoms with E-state index in [1.54, 1.807) is 18.9 Å². The van der Waals surface area contributed by atoms with Gasteiger partial charge in [0.15, 0.2) is 0 Å². The number of hydrogen-bond donors (Lipinski definition) is 1.